The Balaban J connectivity index is 1.82. The Morgan fingerprint density at radius 1 is 1.08 bits per heavy atom. The van der Waals surface area contributed by atoms with E-state index < -0.39 is 11.9 Å². The van der Waals surface area contributed by atoms with Crippen LogP contribution in [0.25, 0.3) is 0 Å². The fourth-order valence-corrected chi connectivity index (χ4v) is 2.69. The number of amides is 3. The molecule has 0 saturated carbocycles. The number of halogens is 1. The summed E-state index contributed by atoms with van der Waals surface area (Å²) in [6, 6.07) is 13.4. The fraction of sp³-hybridized carbons (Fsp3) is 0.0625. The van der Waals surface area contributed by atoms with Crippen molar-refractivity contribution >= 4 is 57.5 Å². The number of benzene rings is 2. The van der Waals surface area contributed by atoms with Crippen molar-refractivity contribution in [3.05, 3.63) is 57.7 Å². The van der Waals surface area contributed by atoms with E-state index in [1.165, 1.54) is 0 Å². The molecule has 0 aromatic heterocycles. The fourth-order valence-electron chi connectivity index (χ4n) is 1.81. The van der Waals surface area contributed by atoms with Gasteiger partial charge in [-0.2, -0.15) is 0 Å². The van der Waals surface area contributed by atoms with E-state index in [9.17, 15) is 9.59 Å². The van der Waals surface area contributed by atoms with E-state index in [1.807, 2.05) is 6.07 Å². The van der Waals surface area contributed by atoms with E-state index >= 15 is 0 Å². The highest BCUT2D eigenvalue weighted by Gasteiger charge is 2.11. The SMILES string of the molecule is COc1ccc(C(=O)NC(=S)NNC(=O)Nc2ccccc2)cc1I. The second-order valence-corrected chi connectivity index (χ2v) is 6.27. The second-order valence-electron chi connectivity index (χ2n) is 4.70. The highest BCUT2D eigenvalue weighted by atomic mass is 127. The van der Waals surface area contributed by atoms with Gasteiger partial charge in [0.05, 0.1) is 10.7 Å². The number of ether oxygens (including phenoxy) is 1. The zero-order valence-corrected chi connectivity index (χ0v) is 16.1. The average Bonchev–Trinajstić information content (AvgIpc) is 2.60. The topological polar surface area (TPSA) is 91.5 Å². The number of para-hydroxylation sites is 1. The minimum Gasteiger partial charge on any atom is -0.496 e. The van der Waals surface area contributed by atoms with Crippen LogP contribution in [-0.2, 0) is 0 Å². The molecule has 25 heavy (non-hydrogen) atoms. The zero-order chi connectivity index (χ0) is 18.2. The largest absolute Gasteiger partial charge is 0.496 e. The maximum Gasteiger partial charge on any atom is 0.337 e. The molecule has 2 aromatic carbocycles. The lowest BCUT2D eigenvalue weighted by Crippen LogP contribution is -2.49. The molecule has 7 nitrogen and oxygen atoms in total. The van der Waals surface area contributed by atoms with E-state index in [4.69, 9.17) is 17.0 Å². The lowest BCUT2D eigenvalue weighted by Gasteiger charge is -2.12. The van der Waals surface area contributed by atoms with E-state index in [-0.39, 0.29) is 5.11 Å². The molecule has 3 amide bonds. The molecular formula is C16H15IN4O3S. The summed E-state index contributed by atoms with van der Waals surface area (Å²) in [4.78, 5) is 23.8. The predicted molar refractivity (Wildman–Crippen MR) is 108 cm³/mol. The molecule has 9 heteroatoms. The van der Waals surface area contributed by atoms with Gasteiger partial charge in [-0.3, -0.25) is 15.5 Å². The number of carbonyl (C=O) groups is 2. The molecule has 0 spiro atoms. The Bertz CT molecular complexity index is 786. The molecule has 0 saturated heterocycles. The Morgan fingerprint density at radius 2 is 1.80 bits per heavy atom. The third-order valence-corrected chi connectivity index (χ3v) is 4.01. The van der Waals surface area contributed by atoms with Crippen molar-refractivity contribution in [2.45, 2.75) is 0 Å². The Labute approximate surface area is 163 Å². The Morgan fingerprint density at radius 3 is 2.44 bits per heavy atom. The van der Waals surface area contributed by atoms with Gasteiger partial charge in [-0.25, -0.2) is 10.2 Å². The van der Waals surface area contributed by atoms with Gasteiger partial charge in [-0.15, -0.1) is 0 Å². The molecule has 0 aliphatic carbocycles. The predicted octanol–water partition coefficient (Wildman–Crippen LogP) is 2.64. The minimum absolute atomic E-state index is 0.0287. The van der Waals surface area contributed by atoms with Crippen molar-refractivity contribution in [3.8, 4) is 5.75 Å². The van der Waals surface area contributed by atoms with Crippen LogP contribution in [0, 0.1) is 3.57 Å². The molecule has 130 valence electrons. The number of methoxy groups -OCH3 is 1. The van der Waals surface area contributed by atoms with Gasteiger partial charge in [0.2, 0.25) is 0 Å². The summed E-state index contributed by atoms with van der Waals surface area (Å²) < 4.78 is 5.94. The molecule has 0 fully saturated rings. The molecule has 0 unspecified atom stereocenters. The molecule has 4 N–H and O–H groups in total. The standard InChI is InChI=1S/C16H15IN4O3S/c1-24-13-8-7-10(9-12(13)17)14(22)19-16(25)21-20-15(23)18-11-5-3-2-4-6-11/h2-9H,1H3,(H2,18,20,23)(H2,19,21,22,25). The molecule has 0 heterocycles. The van der Waals surface area contributed by atoms with Crippen molar-refractivity contribution in [3.63, 3.8) is 0 Å². The number of rotatable bonds is 3. The highest BCUT2D eigenvalue weighted by Crippen LogP contribution is 2.21. The maximum atomic E-state index is 12.1. The first-order valence-corrected chi connectivity index (χ1v) is 8.55. The summed E-state index contributed by atoms with van der Waals surface area (Å²) in [6.07, 6.45) is 0. The third-order valence-electron chi connectivity index (χ3n) is 2.96. The highest BCUT2D eigenvalue weighted by molar-refractivity contribution is 14.1. The van der Waals surface area contributed by atoms with Crippen LogP contribution in [0.15, 0.2) is 48.5 Å². The van der Waals surface area contributed by atoms with Gasteiger partial charge in [0.1, 0.15) is 5.75 Å². The van der Waals surface area contributed by atoms with Crippen molar-refractivity contribution < 1.29 is 14.3 Å². The number of hydrogen-bond acceptors (Lipinski definition) is 4. The number of urea groups is 1. The zero-order valence-electron chi connectivity index (χ0n) is 13.1. The van der Waals surface area contributed by atoms with Crippen LogP contribution in [0.4, 0.5) is 10.5 Å². The van der Waals surface area contributed by atoms with Crippen LogP contribution in [0.1, 0.15) is 10.4 Å². The van der Waals surface area contributed by atoms with Crippen LogP contribution in [0.3, 0.4) is 0 Å². The van der Waals surface area contributed by atoms with Gasteiger partial charge in [-0.1, -0.05) is 18.2 Å². The van der Waals surface area contributed by atoms with Gasteiger partial charge in [0.15, 0.2) is 5.11 Å². The molecular weight excluding hydrogens is 455 g/mol. The minimum atomic E-state index is -0.512. The van der Waals surface area contributed by atoms with Crippen molar-refractivity contribution in [1.82, 2.24) is 16.2 Å². The van der Waals surface area contributed by atoms with E-state index in [0.29, 0.717) is 17.0 Å². The first-order chi connectivity index (χ1) is 12.0. The van der Waals surface area contributed by atoms with Crippen molar-refractivity contribution in [2.24, 2.45) is 0 Å². The number of hydrogen-bond donors (Lipinski definition) is 4. The molecule has 2 rings (SSSR count). The van der Waals surface area contributed by atoms with Crippen LogP contribution >= 0.6 is 34.8 Å². The Hall–Kier alpha value is -2.40. The molecule has 0 radical (unpaired) electrons. The quantitative estimate of drug-likeness (QED) is 0.315. The van der Waals surface area contributed by atoms with E-state index in [2.05, 4.69) is 44.1 Å². The van der Waals surface area contributed by atoms with Gasteiger partial charge < -0.3 is 10.1 Å². The monoisotopic (exact) mass is 470 g/mol. The first-order valence-electron chi connectivity index (χ1n) is 7.06. The summed E-state index contributed by atoms with van der Waals surface area (Å²) >= 11 is 7.05. The molecule has 0 aliphatic rings. The first kappa shape index (κ1) is 18.9. The lowest BCUT2D eigenvalue weighted by molar-refractivity contribution is 0.0976. The van der Waals surface area contributed by atoms with Crippen LogP contribution < -0.4 is 26.2 Å². The van der Waals surface area contributed by atoms with Gasteiger partial charge >= 0.3 is 6.03 Å². The van der Waals surface area contributed by atoms with Crippen molar-refractivity contribution in [1.29, 1.82) is 0 Å². The summed E-state index contributed by atoms with van der Waals surface area (Å²) in [7, 11) is 1.56. The van der Waals surface area contributed by atoms with Gasteiger partial charge in [0.25, 0.3) is 5.91 Å². The third kappa shape index (κ3) is 5.87. The second kappa shape index (κ2) is 9.18. The maximum absolute atomic E-state index is 12.1. The average molecular weight is 470 g/mol. The van der Waals surface area contributed by atoms with Gasteiger partial charge in [0, 0.05) is 11.3 Å². The van der Waals surface area contributed by atoms with E-state index in [1.54, 1.807) is 49.6 Å². The molecule has 0 atom stereocenters. The number of carbonyl (C=O) groups excluding carboxylic acids is 2. The normalized spacial score (nSPS) is 9.68. The summed E-state index contributed by atoms with van der Waals surface area (Å²) in [5.41, 5.74) is 5.84. The smallest absolute Gasteiger partial charge is 0.337 e. The van der Waals surface area contributed by atoms with Crippen molar-refractivity contribution in [2.75, 3.05) is 12.4 Å². The number of anilines is 1. The molecule has 0 aliphatic heterocycles. The van der Waals surface area contributed by atoms with Crippen LogP contribution in [0.2, 0.25) is 0 Å². The summed E-state index contributed by atoms with van der Waals surface area (Å²) in [5, 5.41) is 5.05. The number of thiocarbonyl (C=S) groups is 1. The van der Waals surface area contributed by atoms with Crippen LogP contribution in [-0.4, -0.2) is 24.2 Å². The number of hydrazine groups is 1. The van der Waals surface area contributed by atoms with E-state index in [0.717, 1.165) is 3.57 Å². The molecule has 0 bridgehead atoms. The summed E-state index contributed by atoms with van der Waals surface area (Å²) in [6.45, 7) is 0. The summed E-state index contributed by atoms with van der Waals surface area (Å²) in [5.74, 6) is 0.278. The Kier molecular flexibility index (Phi) is 6.95. The lowest BCUT2D eigenvalue weighted by atomic mass is 10.2. The number of nitrogens with one attached hydrogen (secondary N) is 4. The van der Waals surface area contributed by atoms with Crippen LogP contribution in [0.5, 0.6) is 5.75 Å². The van der Waals surface area contributed by atoms with Gasteiger partial charge in [-0.05, 0) is 65.1 Å². The molecule has 2 aromatic rings.